The third kappa shape index (κ3) is 17.4. The zero-order valence-corrected chi connectivity index (χ0v) is 29.3. The van der Waals surface area contributed by atoms with Crippen LogP contribution < -0.4 is 9.47 Å². The van der Waals surface area contributed by atoms with Gasteiger partial charge in [-0.25, -0.2) is 8.42 Å². The molecule has 2 rings (SSSR count). The van der Waals surface area contributed by atoms with Crippen molar-refractivity contribution in [1.29, 1.82) is 0 Å². The first-order chi connectivity index (χ1) is 22.6. The van der Waals surface area contributed by atoms with Crippen molar-refractivity contribution >= 4 is 45.3 Å². The monoisotopic (exact) mass is 718 g/mol. The Balaban J connectivity index is 1.81. The van der Waals surface area contributed by atoms with Crippen LogP contribution in [0.3, 0.4) is 0 Å². The highest BCUT2D eigenvalue weighted by atomic mass is 32.2. The number of benzene rings is 2. The maximum atomic E-state index is 13.2. The number of rotatable bonds is 28. The number of hydrogen-bond acceptors (Lipinski definition) is 12. The fourth-order valence-electron chi connectivity index (χ4n) is 3.98. The van der Waals surface area contributed by atoms with Crippen molar-refractivity contribution in [2.24, 2.45) is 0 Å². The molecule has 0 aliphatic carbocycles. The summed E-state index contributed by atoms with van der Waals surface area (Å²) in [6.45, 7) is 6.76. The number of carbonyl (C=O) groups is 2. The first kappa shape index (κ1) is 40.6. The van der Waals surface area contributed by atoms with E-state index in [1.165, 1.54) is 47.8 Å². The summed E-state index contributed by atoms with van der Waals surface area (Å²) in [6, 6.07) is 12.4. The zero-order chi connectivity index (χ0) is 34.3. The maximum absolute atomic E-state index is 13.2. The van der Waals surface area contributed by atoms with Crippen LogP contribution in [0.25, 0.3) is 0 Å². The van der Waals surface area contributed by atoms with Crippen molar-refractivity contribution in [2.45, 2.75) is 48.7 Å². The van der Waals surface area contributed by atoms with Gasteiger partial charge in [0, 0.05) is 26.4 Å². The molecule has 2 unspecified atom stereocenters. The third-order valence-electron chi connectivity index (χ3n) is 6.16. The molecule has 0 amide bonds. The van der Waals surface area contributed by atoms with Crippen molar-refractivity contribution < 1.29 is 56.6 Å². The van der Waals surface area contributed by atoms with Crippen LogP contribution in [-0.2, 0) is 38.4 Å². The van der Waals surface area contributed by atoms with E-state index in [4.69, 9.17) is 38.6 Å². The molecular formula is C32H46O12S3. The second-order valence-electron chi connectivity index (χ2n) is 9.97. The summed E-state index contributed by atoms with van der Waals surface area (Å²) in [5.74, 6) is 0.864. The van der Waals surface area contributed by atoms with E-state index in [-0.39, 0.29) is 46.7 Å². The van der Waals surface area contributed by atoms with E-state index in [1.807, 2.05) is 13.8 Å². The van der Waals surface area contributed by atoms with Gasteiger partial charge in [0.1, 0.15) is 36.9 Å². The largest absolute Gasteiger partial charge is 0.491 e. The summed E-state index contributed by atoms with van der Waals surface area (Å²) in [5.41, 5.74) is 0. The van der Waals surface area contributed by atoms with E-state index in [1.54, 1.807) is 24.3 Å². The number of sulfone groups is 1. The van der Waals surface area contributed by atoms with Crippen molar-refractivity contribution in [2.75, 3.05) is 75.9 Å². The molecule has 2 aromatic rings. The molecule has 2 N–H and O–H groups in total. The highest BCUT2D eigenvalue weighted by molar-refractivity contribution is 8.00. The van der Waals surface area contributed by atoms with E-state index in [2.05, 4.69) is 0 Å². The summed E-state index contributed by atoms with van der Waals surface area (Å²) in [5, 5.41) is 17.4. The fourth-order valence-corrected chi connectivity index (χ4v) is 6.52. The van der Waals surface area contributed by atoms with Crippen LogP contribution in [0.5, 0.6) is 11.5 Å². The standard InChI is InChI=1S/C32H46O12S3/c1-3-41-27(19-39-15-5-17-45-23-31(33)34)21-43-25-7-11-29(12-8-25)47(37,38)30-13-9-26(10-14-30)44-22-28(42-4-2)20-40-16-6-18-46-24-32(35)36/h7-14,27-28H,3-6,15-24H2,1-2H3,(H,33,34)(H,35,36). The molecule has 0 radical (unpaired) electrons. The number of aliphatic carboxylic acids is 2. The average molecular weight is 719 g/mol. The number of hydrogen-bond donors (Lipinski definition) is 2. The van der Waals surface area contributed by atoms with Crippen molar-refractivity contribution in [3.05, 3.63) is 48.5 Å². The molecule has 0 aliphatic rings. The normalized spacial score (nSPS) is 12.8. The molecule has 0 spiro atoms. The maximum Gasteiger partial charge on any atom is 0.313 e. The Labute approximate surface area is 285 Å². The summed E-state index contributed by atoms with van der Waals surface area (Å²) in [6.07, 6.45) is 0.836. The molecule has 2 aromatic carbocycles. The fraction of sp³-hybridized carbons (Fsp3) is 0.562. The van der Waals surface area contributed by atoms with Gasteiger partial charge in [0.15, 0.2) is 0 Å². The molecule has 0 fully saturated rings. The molecule has 2 atom stereocenters. The highest BCUT2D eigenvalue weighted by Gasteiger charge is 2.19. The van der Waals surface area contributed by atoms with Gasteiger partial charge in [-0.3, -0.25) is 9.59 Å². The van der Waals surface area contributed by atoms with Gasteiger partial charge in [-0.15, -0.1) is 0 Å². The lowest BCUT2D eigenvalue weighted by atomic mass is 10.3. The van der Waals surface area contributed by atoms with Gasteiger partial charge in [-0.05, 0) is 86.7 Å². The van der Waals surface area contributed by atoms with Gasteiger partial charge in [-0.1, -0.05) is 0 Å². The van der Waals surface area contributed by atoms with Gasteiger partial charge in [0.25, 0.3) is 0 Å². The summed E-state index contributed by atoms with van der Waals surface area (Å²) in [7, 11) is -3.77. The zero-order valence-electron chi connectivity index (χ0n) is 26.9. The summed E-state index contributed by atoms with van der Waals surface area (Å²) >= 11 is 2.69. The molecule has 264 valence electrons. The first-order valence-corrected chi connectivity index (χ1v) is 19.1. The quantitative estimate of drug-likeness (QED) is 0.118. The lowest BCUT2D eigenvalue weighted by molar-refractivity contribution is -0.134. The molecule has 47 heavy (non-hydrogen) atoms. The third-order valence-corrected chi connectivity index (χ3v) is 10.0. The molecule has 0 heterocycles. The first-order valence-electron chi connectivity index (χ1n) is 15.3. The van der Waals surface area contributed by atoms with Gasteiger partial charge >= 0.3 is 11.9 Å². The van der Waals surface area contributed by atoms with Gasteiger partial charge < -0.3 is 38.6 Å². The SMILES string of the molecule is CCOC(COCCCSCC(=O)O)COc1ccc(S(=O)(=O)c2ccc(OCC(COCCCSCC(=O)O)OCC)cc2)cc1. The Morgan fingerprint density at radius 3 is 1.38 bits per heavy atom. The van der Waals surface area contributed by atoms with E-state index < -0.39 is 21.8 Å². The smallest absolute Gasteiger partial charge is 0.313 e. The second-order valence-corrected chi connectivity index (χ2v) is 14.1. The molecule has 0 saturated heterocycles. The predicted octanol–water partition coefficient (Wildman–Crippen LogP) is 4.54. The Bertz CT molecular complexity index is 1170. The van der Waals surface area contributed by atoms with Crippen LogP contribution in [0.2, 0.25) is 0 Å². The predicted molar refractivity (Wildman–Crippen MR) is 181 cm³/mol. The van der Waals surface area contributed by atoms with Gasteiger partial charge in [0.05, 0.1) is 34.5 Å². The number of thioether (sulfide) groups is 2. The van der Waals surface area contributed by atoms with Crippen LogP contribution in [0.4, 0.5) is 0 Å². The van der Waals surface area contributed by atoms with Gasteiger partial charge in [-0.2, -0.15) is 23.5 Å². The molecular weight excluding hydrogens is 673 g/mol. The average Bonchev–Trinajstić information content (AvgIpc) is 3.05. The molecule has 0 aliphatic heterocycles. The van der Waals surface area contributed by atoms with Crippen LogP contribution in [0.1, 0.15) is 26.7 Å². The van der Waals surface area contributed by atoms with E-state index in [0.717, 1.165) is 12.8 Å². The van der Waals surface area contributed by atoms with E-state index in [0.29, 0.717) is 62.6 Å². The molecule has 15 heteroatoms. The minimum atomic E-state index is -3.77. The number of ether oxygens (including phenoxy) is 6. The molecule has 0 aromatic heterocycles. The minimum Gasteiger partial charge on any atom is -0.491 e. The topological polar surface area (TPSA) is 164 Å². The Morgan fingerprint density at radius 1 is 0.660 bits per heavy atom. The van der Waals surface area contributed by atoms with Crippen molar-refractivity contribution in [3.63, 3.8) is 0 Å². The number of carboxylic acid groups (broad SMARTS) is 2. The second kappa shape index (κ2) is 23.7. The Kier molecular flexibility index (Phi) is 20.5. The Morgan fingerprint density at radius 2 is 1.04 bits per heavy atom. The summed E-state index contributed by atoms with van der Waals surface area (Å²) in [4.78, 5) is 21.4. The van der Waals surface area contributed by atoms with Crippen LogP contribution in [0, 0.1) is 0 Å². The van der Waals surface area contributed by atoms with E-state index in [9.17, 15) is 18.0 Å². The van der Waals surface area contributed by atoms with E-state index >= 15 is 0 Å². The molecule has 0 saturated carbocycles. The summed E-state index contributed by atoms with van der Waals surface area (Å²) < 4.78 is 60.8. The number of carboxylic acids is 2. The minimum absolute atomic E-state index is 0.0753. The lowest BCUT2D eigenvalue weighted by Crippen LogP contribution is -2.27. The lowest BCUT2D eigenvalue weighted by Gasteiger charge is -2.18. The van der Waals surface area contributed by atoms with Gasteiger partial charge in [0.2, 0.25) is 9.84 Å². The Hall–Kier alpha value is -2.53. The molecule has 12 nitrogen and oxygen atoms in total. The van der Waals surface area contributed by atoms with Crippen molar-refractivity contribution in [1.82, 2.24) is 0 Å². The highest BCUT2D eigenvalue weighted by Crippen LogP contribution is 2.25. The molecule has 0 bridgehead atoms. The van der Waals surface area contributed by atoms with Crippen LogP contribution in [-0.4, -0.2) is 119 Å². The van der Waals surface area contributed by atoms with Crippen LogP contribution in [0.15, 0.2) is 58.3 Å². The van der Waals surface area contributed by atoms with Crippen LogP contribution >= 0.6 is 23.5 Å². The van der Waals surface area contributed by atoms with Crippen molar-refractivity contribution in [3.8, 4) is 11.5 Å².